The summed E-state index contributed by atoms with van der Waals surface area (Å²) in [5, 5.41) is 13.1. The second kappa shape index (κ2) is 11.2. The Hall–Kier alpha value is -3.34. The zero-order chi connectivity index (χ0) is 26.7. The number of fused-ring (bicyclic) bond motifs is 1. The smallest absolute Gasteiger partial charge is 0.251 e. The maximum absolute atomic E-state index is 13.3. The Morgan fingerprint density at radius 2 is 2.03 bits per heavy atom. The number of nitrogens with zero attached hydrogens (tertiary/aromatic N) is 5. The molecular weight excluding hydrogens is 498 g/mol. The molecule has 1 saturated heterocycles. The van der Waals surface area contributed by atoms with E-state index in [1.54, 1.807) is 22.0 Å². The summed E-state index contributed by atoms with van der Waals surface area (Å²) in [6, 6.07) is 9.91. The molecule has 200 valence electrons. The highest BCUT2D eigenvalue weighted by atomic mass is 32.1. The van der Waals surface area contributed by atoms with Crippen LogP contribution >= 0.6 is 11.3 Å². The van der Waals surface area contributed by atoms with E-state index in [-0.39, 0.29) is 17.4 Å². The van der Waals surface area contributed by atoms with Crippen LogP contribution in [0.2, 0.25) is 0 Å². The molecule has 1 aliphatic heterocycles. The number of carbonyl (C=O) groups is 1. The van der Waals surface area contributed by atoms with Crippen molar-refractivity contribution in [2.75, 3.05) is 44.7 Å². The van der Waals surface area contributed by atoms with Gasteiger partial charge < -0.3 is 15.4 Å². The molecule has 2 N–H and O–H groups in total. The molecule has 0 spiro atoms. The number of pyridine rings is 1. The molecule has 5 heterocycles. The zero-order valence-electron chi connectivity index (χ0n) is 22.4. The van der Waals surface area contributed by atoms with E-state index in [4.69, 9.17) is 14.7 Å². The molecule has 38 heavy (non-hydrogen) atoms. The van der Waals surface area contributed by atoms with Gasteiger partial charge in [0.2, 0.25) is 0 Å². The van der Waals surface area contributed by atoms with Gasteiger partial charge in [-0.1, -0.05) is 26.8 Å². The Kier molecular flexibility index (Phi) is 7.73. The van der Waals surface area contributed by atoms with Gasteiger partial charge in [-0.3, -0.25) is 9.69 Å². The molecule has 4 aromatic rings. The van der Waals surface area contributed by atoms with Gasteiger partial charge in [-0.05, 0) is 49.7 Å². The van der Waals surface area contributed by atoms with E-state index in [1.807, 2.05) is 35.8 Å². The van der Waals surface area contributed by atoms with Crippen molar-refractivity contribution in [2.45, 2.75) is 33.7 Å². The summed E-state index contributed by atoms with van der Waals surface area (Å²) in [6.45, 7) is 13.2. The normalized spacial score (nSPS) is 15.4. The number of rotatable bonds is 11. The van der Waals surface area contributed by atoms with Crippen molar-refractivity contribution >= 4 is 28.7 Å². The molecule has 0 saturated carbocycles. The van der Waals surface area contributed by atoms with Gasteiger partial charge in [-0.2, -0.15) is 5.10 Å². The number of nitrogens with one attached hydrogen (secondary N) is 2. The van der Waals surface area contributed by atoms with E-state index < -0.39 is 0 Å². The Morgan fingerprint density at radius 3 is 2.71 bits per heavy atom. The van der Waals surface area contributed by atoms with Crippen molar-refractivity contribution in [1.29, 1.82) is 0 Å². The Bertz CT molecular complexity index is 1390. The molecule has 9 nitrogen and oxygen atoms in total. The fourth-order valence-corrected chi connectivity index (χ4v) is 5.37. The summed E-state index contributed by atoms with van der Waals surface area (Å²) in [4.78, 5) is 26.5. The quantitative estimate of drug-likeness (QED) is 0.294. The lowest BCUT2D eigenvalue weighted by Gasteiger charge is -2.38. The van der Waals surface area contributed by atoms with Gasteiger partial charge in [0, 0.05) is 36.3 Å². The summed E-state index contributed by atoms with van der Waals surface area (Å²) in [6.07, 6.45) is 3.67. The number of likely N-dealkylation sites (N-methyl/N-ethyl adjacent to an activating group) is 1. The number of aromatic nitrogens is 4. The Balaban J connectivity index is 1.47. The maximum Gasteiger partial charge on any atom is 0.251 e. The molecule has 0 bridgehead atoms. The van der Waals surface area contributed by atoms with Crippen LogP contribution in [0.25, 0.3) is 27.5 Å². The summed E-state index contributed by atoms with van der Waals surface area (Å²) < 4.78 is 7.15. The van der Waals surface area contributed by atoms with Crippen LogP contribution in [0.15, 0.2) is 48.1 Å². The highest BCUT2D eigenvalue weighted by Gasteiger charge is 2.33. The van der Waals surface area contributed by atoms with Crippen LogP contribution in [-0.4, -0.2) is 75.8 Å². The number of hydrogen-bond acceptors (Lipinski definition) is 8. The zero-order valence-corrected chi connectivity index (χ0v) is 23.2. The molecule has 4 aromatic heterocycles. The second-order valence-corrected chi connectivity index (χ2v) is 11.1. The van der Waals surface area contributed by atoms with Crippen LogP contribution in [0.3, 0.4) is 0 Å². The lowest BCUT2D eigenvalue weighted by atomic mass is 9.89. The number of thiophene rings is 1. The second-order valence-electron chi connectivity index (χ2n) is 10.2. The van der Waals surface area contributed by atoms with E-state index in [2.05, 4.69) is 54.4 Å². The molecule has 1 fully saturated rings. The first-order valence-corrected chi connectivity index (χ1v) is 14.0. The van der Waals surface area contributed by atoms with Crippen molar-refractivity contribution in [1.82, 2.24) is 29.8 Å². The maximum atomic E-state index is 13.3. The van der Waals surface area contributed by atoms with Crippen LogP contribution in [-0.2, 0) is 4.74 Å². The third kappa shape index (κ3) is 5.57. The van der Waals surface area contributed by atoms with Gasteiger partial charge in [0.25, 0.3) is 5.91 Å². The van der Waals surface area contributed by atoms with Gasteiger partial charge in [0.15, 0.2) is 5.65 Å². The van der Waals surface area contributed by atoms with E-state index >= 15 is 0 Å². The monoisotopic (exact) mass is 533 g/mol. The highest BCUT2D eigenvalue weighted by Crippen LogP contribution is 2.30. The molecule has 10 heteroatoms. The van der Waals surface area contributed by atoms with Gasteiger partial charge >= 0.3 is 0 Å². The standard InChI is InChI=1S/C28H35N7O2S/c1-5-34(6-2)19(3)14-29-27(36)20-12-23(32-25(13-20)30-16-28(4)17-37-18-28)21-15-31-35-10-9-22(33-26(21)35)24-8-7-11-38-24/h7-13,15,19H,5-6,14,16-18H2,1-4H3,(H,29,36)(H,30,32)/t19-/m0/s1. The number of ether oxygens (including phenoxy) is 1. The summed E-state index contributed by atoms with van der Waals surface area (Å²) in [5.41, 5.74) is 3.61. The van der Waals surface area contributed by atoms with Crippen molar-refractivity contribution in [2.24, 2.45) is 5.41 Å². The van der Waals surface area contributed by atoms with Crippen LogP contribution < -0.4 is 10.6 Å². The molecule has 1 atom stereocenters. The summed E-state index contributed by atoms with van der Waals surface area (Å²) >= 11 is 1.64. The first-order chi connectivity index (χ1) is 18.4. The fourth-order valence-electron chi connectivity index (χ4n) is 4.68. The summed E-state index contributed by atoms with van der Waals surface area (Å²) in [5.74, 6) is 0.518. The van der Waals surface area contributed by atoms with Crippen molar-refractivity contribution in [3.8, 4) is 21.8 Å². The molecule has 0 aromatic carbocycles. The number of hydrogen-bond donors (Lipinski definition) is 2. The van der Waals surface area contributed by atoms with E-state index in [0.29, 0.717) is 49.0 Å². The Labute approximate surface area is 227 Å². The van der Waals surface area contributed by atoms with Crippen LogP contribution in [0.1, 0.15) is 38.1 Å². The van der Waals surface area contributed by atoms with Crippen LogP contribution in [0.5, 0.6) is 0 Å². The van der Waals surface area contributed by atoms with E-state index in [1.165, 1.54) is 0 Å². The van der Waals surface area contributed by atoms with Gasteiger partial charge in [-0.15, -0.1) is 11.3 Å². The highest BCUT2D eigenvalue weighted by molar-refractivity contribution is 7.13. The molecule has 0 unspecified atom stereocenters. The van der Waals surface area contributed by atoms with E-state index in [0.717, 1.165) is 29.2 Å². The third-order valence-corrected chi connectivity index (χ3v) is 7.99. The Morgan fingerprint density at radius 1 is 1.21 bits per heavy atom. The summed E-state index contributed by atoms with van der Waals surface area (Å²) in [7, 11) is 0. The lowest BCUT2D eigenvalue weighted by molar-refractivity contribution is -0.0924. The molecule has 1 amide bonds. The van der Waals surface area contributed by atoms with Crippen molar-refractivity contribution in [3.05, 3.63) is 53.7 Å². The number of amides is 1. The molecule has 0 aliphatic carbocycles. The van der Waals surface area contributed by atoms with Crippen LogP contribution in [0, 0.1) is 5.41 Å². The van der Waals surface area contributed by atoms with E-state index in [9.17, 15) is 4.79 Å². The third-order valence-electron chi connectivity index (χ3n) is 7.10. The van der Waals surface area contributed by atoms with Gasteiger partial charge in [-0.25, -0.2) is 14.5 Å². The SMILES string of the molecule is CCN(CC)[C@@H](C)CNC(=O)c1cc(NCC2(C)COC2)nc(-c2cnn3ccc(-c4cccs4)nc23)c1. The molecule has 5 rings (SSSR count). The van der Waals surface area contributed by atoms with Crippen molar-refractivity contribution < 1.29 is 9.53 Å². The average Bonchev–Trinajstić information content (AvgIpc) is 3.60. The minimum absolute atomic E-state index is 0.0564. The molecule has 1 aliphatic rings. The largest absolute Gasteiger partial charge is 0.380 e. The lowest BCUT2D eigenvalue weighted by Crippen LogP contribution is -2.45. The first-order valence-electron chi connectivity index (χ1n) is 13.1. The predicted molar refractivity (Wildman–Crippen MR) is 152 cm³/mol. The van der Waals surface area contributed by atoms with Crippen LogP contribution in [0.4, 0.5) is 5.82 Å². The van der Waals surface area contributed by atoms with Gasteiger partial charge in [0.1, 0.15) is 5.82 Å². The number of anilines is 1. The number of carbonyl (C=O) groups excluding carboxylic acids is 1. The molecular formula is C28H35N7O2S. The fraction of sp³-hybridized carbons (Fsp3) is 0.429. The van der Waals surface area contributed by atoms with Gasteiger partial charge in [0.05, 0.1) is 41.2 Å². The average molecular weight is 534 g/mol. The minimum atomic E-state index is -0.127. The molecule has 0 radical (unpaired) electrons. The predicted octanol–water partition coefficient (Wildman–Crippen LogP) is 4.43. The van der Waals surface area contributed by atoms with Crippen molar-refractivity contribution in [3.63, 3.8) is 0 Å². The topological polar surface area (TPSA) is 96.7 Å². The minimum Gasteiger partial charge on any atom is -0.380 e. The first kappa shape index (κ1) is 26.3.